The van der Waals surface area contributed by atoms with Gasteiger partial charge in [-0.25, -0.2) is 0 Å². The van der Waals surface area contributed by atoms with Crippen molar-refractivity contribution in [2.75, 3.05) is 5.32 Å². The smallest absolute Gasteiger partial charge is 0.252 e. The Morgan fingerprint density at radius 2 is 1.96 bits per heavy atom. The van der Waals surface area contributed by atoms with Crippen molar-refractivity contribution < 1.29 is 9.59 Å². The summed E-state index contributed by atoms with van der Waals surface area (Å²) in [5, 5.41) is 6.68. The lowest BCUT2D eigenvalue weighted by molar-refractivity contribution is -0.116. The number of hydrogen-bond donors (Lipinski definition) is 2. The lowest BCUT2D eigenvalue weighted by Crippen LogP contribution is -2.24. The Balaban J connectivity index is 1.55. The maximum atomic E-state index is 12.4. The molecule has 0 aliphatic carbocycles. The number of carbonyl (C=O) groups is 2. The van der Waals surface area contributed by atoms with Crippen molar-refractivity contribution in [1.82, 2.24) is 10.3 Å². The lowest BCUT2D eigenvalue weighted by Gasteiger charge is -2.13. The zero-order valence-corrected chi connectivity index (χ0v) is 12.8. The monoisotopic (exact) mass is 317 g/mol. The van der Waals surface area contributed by atoms with Crippen molar-refractivity contribution in [2.24, 2.45) is 0 Å². The molecule has 0 radical (unpaired) electrons. The molecule has 0 bridgehead atoms. The van der Waals surface area contributed by atoms with Gasteiger partial charge in [0.05, 0.1) is 23.7 Å². The predicted molar refractivity (Wildman–Crippen MR) is 91.6 cm³/mol. The molecule has 0 fully saturated rings. The maximum Gasteiger partial charge on any atom is 0.252 e. The van der Waals surface area contributed by atoms with Gasteiger partial charge in [-0.3, -0.25) is 14.6 Å². The van der Waals surface area contributed by atoms with Crippen LogP contribution in [0.15, 0.2) is 60.8 Å². The van der Waals surface area contributed by atoms with E-state index in [9.17, 15) is 9.59 Å². The van der Waals surface area contributed by atoms with Gasteiger partial charge >= 0.3 is 0 Å². The van der Waals surface area contributed by atoms with Crippen molar-refractivity contribution in [3.63, 3.8) is 0 Å². The number of fused-ring (bicyclic) bond motifs is 2. The summed E-state index contributed by atoms with van der Waals surface area (Å²) in [7, 11) is 0. The number of nitrogens with one attached hydrogen (secondary N) is 2. The van der Waals surface area contributed by atoms with Crippen molar-refractivity contribution in [2.45, 2.75) is 12.5 Å². The van der Waals surface area contributed by atoms with Crippen LogP contribution in [-0.2, 0) is 4.79 Å². The third-order valence-electron chi connectivity index (χ3n) is 4.20. The third-order valence-corrected chi connectivity index (χ3v) is 4.20. The van der Waals surface area contributed by atoms with Gasteiger partial charge in [0.15, 0.2) is 0 Å². The van der Waals surface area contributed by atoms with E-state index in [0.717, 1.165) is 22.2 Å². The Hall–Kier alpha value is -3.21. The Morgan fingerprint density at radius 3 is 2.88 bits per heavy atom. The van der Waals surface area contributed by atoms with E-state index in [1.54, 1.807) is 12.3 Å². The predicted octanol–water partition coefficient (Wildman–Crippen LogP) is 3.05. The molecule has 3 aromatic rings. The van der Waals surface area contributed by atoms with Crippen molar-refractivity contribution >= 4 is 28.4 Å². The molecule has 2 aromatic carbocycles. The molecule has 1 aromatic heterocycles. The Morgan fingerprint density at radius 1 is 1.08 bits per heavy atom. The summed E-state index contributed by atoms with van der Waals surface area (Å²) in [5.74, 6) is -0.272. The molecule has 1 atom stereocenters. The van der Waals surface area contributed by atoms with E-state index in [-0.39, 0.29) is 24.3 Å². The van der Waals surface area contributed by atoms with Gasteiger partial charge in [-0.2, -0.15) is 0 Å². The summed E-state index contributed by atoms with van der Waals surface area (Å²) in [6, 6.07) is 16.4. The van der Waals surface area contributed by atoms with Crippen molar-refractivity contribution in [1.29, 1.82) is 0 Å². The first-order valence-electron chi connectivity index (χ1n) is 7.76. The van der Waals surface area contributed by atoms with Crippen molar-refractivity contribution in [3.8, 4) is 0 Å². The maximum absolute atomic E-state index is 12.4. The molecule has 5 nitrogen and oxygen atoms in total. The summed E-state index contributed by atoms with van der Waals surface area (Å²) < 4.78 is 0. The van der Waals surface area contributed by atoms with Gasteiger partial charge in [0, 0.05) is 17.1 Å². The second-order valence-electron chi connectivity index (χ2n) is 5.74. The van der Waals surface area contributed by atoms with Crippen LogP contribution in [0.3, 0.4) is 0 Å². The molecule has 0 spiro atoms. The number of nitrogens with zero attached hydrogens (tertiary/aromatic N) is 1. The molecule has 2 heterocycles. The van der Waals surface area contributed by atoms with E-state index in [1.807, 2.05) is 48.5 Å². The average Bonchev–Trinajstić information content (AvgIpc) is 2.91. The number of anilines is 1. The van der Waals surface area contributed by atoms with Crippen molar-refractivity contribution in [3.05, 3.63) is 71.9 Å². The highest BCUT2D eigenvalue weighted by Gasteiger charge is 2.29. The van der Waals surface area contributed by atoms with Crippen LogP contribution >= 0.6 is 0 Å². The van der Waals surface area contributed by atoms with Crippen LogP contribution in [0.4, 0.5) is 5.69 Å². The number of aromatic nitrogens is 1. The lowest BCUT2D eigenvalue weighted by atomic mass is 10.0. The summed E-state index contributed by atoms with van der Waals surface area (Å²) in [4.78, 5) is 28.7. The fraction of sp³-hybridized carbons (Fsp3) is 0.105. The summed E-state index contributed by atoms with van der Waals surface area (Å²) in [6.07, 6.45) is 1.92. The minimum absolute atomic E-state index is 0.127. The largest absolute Gasteiger partial charge is 0.345 e. The highest BCUT2D eigenvalue weighted by Crippen LogP contribution is 2.28. The van der Waals surface area contributed by atoms with Crippen LogP contribution in [0, 0.1) is 0 Å². The molecule has 0 saturated carbocycles. The van der Waals surface area contributed by atoms with Gasteiger partial charge in [-0.05, 0) is 35.9 Å². The molecule has 1 unspecified atom stereocenters. The first-order valence-corrected chi connectivity index (χ1v) is 7.76. The molecule has 4 rings (SSSR count). The fourth-order valence-corrected chi connectivity index (χ4v) is 3.08. The Labute approximate surface area is 138 Å². The second-order valence-corrected chi connectivity index (χ2v) is 5.74. The topological polar surface area (TPSA) is 71.1 Å². The van der Waals surface area contributed by atoms with Gasteiger partial charge in [-0.1, -0.05) is 24.3 Å². The standard InChI is InChI=1S/C19H15N3O2/c23-18(11-17-12-5-1-2-6-13(12)19(24)22-17)21-16-9-3-8-15-14(16)7-4-10-20-15/h1-10,17H,11H2,(H,21,23)(H,22,24). The molecule has 24 heavy (non-hydrogen) atoms. The number of rotatable bonds is 3. The minimum Gasteiger partial charge on any atom is -0.345 e. The van der Waals surface area contributed by atoms with Crippen LogP contribution < -0.4 is 10.6 Å². The van der Waals surface area contributed by atoms with Gasteiger partial charge in [0.2, 0.25) is 5.91 Å². The van der Waals surface area contributed by atoms with Gasteiger partial charge in [0.25, 0.3) is 5.91 Å². The van der Waals surface area contributed by atoms with E-state index in [0.29, 0.717) is 5.56 Å². The van der Waals surface area contributed by atoms with E-state index in [1.165, 1.54) is 0 Å². The van der Waals surface area contributed by atoms with Crippen LogP contribution in [0.2, 0.25) is 0 Å². The van der Waals surface area contributed by atoms with Gasteiger partial charge in [-0.15, -0.1) is 0 Å². The van der Waals surface area contributed by atoms with Crippen LogP contribution in [0.1, 0.15) is 28.4 Å². The minimum atomic E-state index is -0.290. The molecule has 1 aliphatic rings. The fourth-order valence-electron chi connectivity index (χ4n) is 3.08. The number of pyridine rings is 1. The third kappa shape index (κ3) is 2.50. The highest BCUT2D eigenvalue weighted by molar-refractivity contribution is 6.03. The van der Waals surface area contributed by atoms with Crippen LogP contribution in [0.25, 0.3) is 10.9 Å². The van der Waals surface area contributed by atoms with Gasteiger partial charge < -0.3 is 10.6 Å². The summed E-state index contributed by atoms with van der Waals surface area (Å²) in [5.41, 5.74) is 3.07. The summed E-state index contributed by atoms with van der Waals surface area (Å²) >= 11 is 0. The average molecular weight is 317 g/mol. The van der Waals surface area contributed by atoms with E-state index in [4.69, 9.17) is 0 Å². The first kappa shape index (κ1) is 14.4. The molecule has 2 amide bonds. The van der Waals surface area contributed by atoms with E-state index in [2.05, 4.69) is 15.6 Å². The highest BCUT2D eigenvalue weighted by atomic mass is 16.2. The molecule has 5 heteroatoms. The zero-order valence-electron chi connectivity index (χ0n) is 12.8. The van der Waals surface area contributed by atoms with E-state index < -0.39 is 0 Å². The quantitative estimate of drug-likeness (QED) is 0.780. The normalized spacial score (nSPS) is 15.8. The number of benzene rings is 2. The number of carbonyl (C=O) groups excluding carboxylic acids is 2. The SMILES string of the molecule is O=C(CC1NC(=O)c2ccccc21)Nc1cccc2ncccc12. The molecule has 2 N–H and O–H groups in total. The van der Waals surface area contributed by atoms with E-state index >= 15 is 0 Å². The number of hydrogen-bond acceptors (Lipinski definition) is 3. The van der Waals surface area contributed by atoms with Crippen LogP contribution in [0.5, 0.6) is 0 Å². The first-order chi connectivity index (χ1) is 11.7. The zero-order chi connectivity index (χ0) is 16.5. The second kappa shape index (κ2) is 5.77. The molecule has 1 aliphatic heterocycles. The number of amides is 2. The van der Waals surface area contributed by atoms with Crippen LogP contribution in [-0.4, -0.2) is 16.8 Å². The molecular formula is C19H15N3O2. The molecule has 118 valence electrons. The molecule has 0 saturated heterocycles. The Kier molecular flexibility index (Phi) is 3.46. The van der Waals surface area contributed by atoms with Gasteiger partial charge in [0.1, 0.15) is 0 Å². The molecular weight excluding hydrogens is 302 g/mol. The Bertz CT molecular complexity index is 947. The summed E-state index contributed by atoms with van der Waals surface area (Å²) in [6.45, 7) is 0.